The Labute approximate surface area is 300 Å². The second kappa shape index (κ2) is 15.7. The van der Waals surface area contributed by atoms with Crippen molar-refractivity contribution in [2.24, 2.45) is 11.8 Å². The van der Waals surface area contributed by atoms with Crippen molar-refractivity contribution in [3.63, 3.8) is 0 Å². The van der Waals surface area contributed by atoms with Crippen LogP contribution in [0.3, 0.4) is 0 Å². The number of halogens is 2. The molecule has 46 heavy (non-hydrogen) atoms. The van der Waals surface area contributed by atoms with Gasteiger partial charge in [-0.25, -0.2) is 0 Å². The van der Waals surface area contributed by atoms with Gasteiger partial charge in [0, 0.05) is 35.5 Å². The van der Waals surface area contributed by atoms with Gasteiger partial charge in [0.2, 0.25) is 0 Å². The van der Waals surface area contributed by atoms with Gasteiger partial charge in [-0.15, -0.1) is 0 Å². The first-order valence-corrected chi connectivity index (χ1v) is 25.8. The summed E-state index contributed by atoms with van der Waals surface area (Å²) in [7, 11) is 7.69. The Morgan fingerprint density at radius 3 is 1.28 bits per heavy atom. The van der Waals surface area contributed by atoms with E-state index in [0.29, 0.717) is 11.8 Å². The van der Waals surface area contributed by atoms with Crippen molar-refractivity contribution in [1.29, 1.82) is 0 Å². The van der Waals surface area contributed by atoms with Crippen LogP contribution in [0.5, 0.6) is 0 Å². The van der Waals surface area contributed by atoms with E-state index in [9.17, 15) is 0 Å². The molecule has 0 saturated heterocycles. The standard InChI is InChI=1S/C42H46Si.2ClH.Zr/c1-27(2)33-19-21-35(31-15-11-9-12-16-31)37-23-29(5)41(39(37)25-33)43(7,8)42-30(6)24-38-36(32-17-13-10-14-18-32)22-20-34(28(3)4)26-40(38)42;;;/h9-28,35-36H,1-8H3;2*1H;/q;;;+4/p-2. The Hall–Kier alpha value is -0.920. The van der Waals surface area contributed by atoms with Crippen LogP contribution in [-0.4, -0.2) is 8.07 Å². The van der Waals surface area contributed by atoms with Crippen molar-refractivity contribution in [3.05, 3.63) is 179 Å². The molecule has 4 aliphatic carbocycles. The average Bonchev–Trinajstić information content (AvgIpc) is 3.37. The molecule has 2 fully saturated rings. The van der Waals surface area contributed by atoms with Crippen LogP contribution in [0.4, 0.5) is 0 Å². The third-order valence-electron chi connectivity index (χ3n) is 9.85. The zero-order valence-corrected chi connectivity index (χ0v) is 33.4. The molecule has 0 N–H and O–H groups in total. The van der Waals surface area contributed by atoms with Gasteiger partial charge < -0.3 is 0 Å². The molecule has 0 aromatic heterocycles. The molecule has 10 radical (unpaired) electrons. The molecule has 4 aliphatic rings. The van der Waals surface area contributed by atoms with Crippen LogP contribution in [-0.2, 0) is 20.8 Å². The van der Waals surface area contributed by atoms with Gasteiger partial charge in [-0.2, -0.15) is 0 Å². The first kappa shape index (κ1) is 36.4. The molecule has 2 saturated carbocycles. The quantitative estimate of drug-likeness (QED) is 0.259. The van der Waals surface area contributed by atoms with Crippen LogP contribution in [0, 0.1) is 71.3 Å². The van der Waals surface area contributed by atoms with E-state index in [1.54, 1.807) is 11.1 Å². The first-order chi connectivity index (χ1) is 22.0. The number of allylic oxidation sites excluding steroid dienone is 8. The topological polar surface area (TPSA) is 0 Å². The van der Waals surface area contributed by atoms with E-state index in [0.717, 1.165) is 0 Å². The number of hydrogen-bond acceptors (Lipinski definition) is 0. The van der Waals surface area contributed by atoms with Crippen LogP contribution >= 0.6 is 17.0 Å². The van der Waals surface area contributed by atoms with Gasteiger partial charge in [-0.3, -0.25) is 0 Å². The van der Waals surface area contributed by atoms with E-state index < -0.39 is 28.9 Å². The molecule has 0 nitrogen and oxygen atoms in total. The van der Waals surface area contributed by atoms with Crippen molar-refractivity contribution in [1.82, 2.24) is 0 Å². The Morgan fingerprint density at radius 2 is 0.957 bits per heavy atom. The number of fused-ring (bicyclic) bond motifs is 2. The molecule has 0 spiro atoms. The van der Waals surface area contributed by atoms with Gasteiger partial charge >= 0.3 is 37.9 Å². The fourth-order valence-electron chi connectivity index (χ4n) is 7.76. The second-order valence-corrected chi connectivity index (χ2v) is 21.9. The van der Waals surface area contributed by atoms with Crippen molar-refractivity contribution < 1.29 is 20.8 Å². The van der Waals surface area contributed by atoms with Crippen LogP contribution in [0.25, 0.3) is 0 Å². The van der Waals surface area contributed by atoms with Crippen molar-refractivity contribution in [2.75, 3.05) is 0 Å². The van der Waals surface area contributed by atoms with Gasteiger partial charge in [0.15, 0.2) is 0 Å². The molecular formula is C42H46Cl2SiZr+2. The van der Waals surface area contributed by atoms with E-state index in [-0.39, 0.29) is 11.8 Å². The molecule has 2 atom stereocenters. The summed E-state index contributed by atoms with van der Waals surface area (Å²) in [5.41, 5.74) is 8.79. The fourth-order valence-corrected chi connectivity index (χ4v) is 11.9. The zero-order valence-electron chi connectivity index (χ0n) is 28.5. The van der Waals surface area contributed by atoms with E-state index in [2.05, 4.69) is 165 Å². The van der Waals surface area contributed by atoms with Gasteiger partial charge in [-0.1, -0.05) is 152 Å². The van der Waals surface area contributed by atoms with Crippen molar-refractivity contribution >= 4 is 25.1 Å². The minimum absolute atomic E-state index is 0.262. The van der Waals surface area contributed by atoms with Gasteiger partial charge in [-0.05, 0) is 69.9 Å². The van der Waals surface area contributed by atoms with Crippen LogP contribution in [0.15, 0.2) is 108 Å². The summed E-state index contributed by atoms with van der Waals surface area (Å²) in [6.07, 6.45) is 19.8. The van der Waals surface area contributed by atoms with Crippen LogP contribution in [0.1, 0.15) is 64.5 Å². The van der Waals surface area contributed by atoms with Gasteiger partial charge in [0.1, 0.15) is 0 Å². The molecule has 234 valence electrons. The van der Waals surface area contributed by atoms with Crippen molar-refractivity contribution in [3.8, 4) is 0 Å². The van der Waals surface area contributed by atoms with Gasteiger partial charge in [0.05, 0.1) is 8.07 Å². The van der Waals surface area contributed by atoms with E-state index in [1.165, 1.54) is 57.8 Å². The molecule has 0 heterocycles. The summed E-state index contributed by atoms with van der Waals surface area (Å²) in [5.74, 6) is 10.2. The third kappa shape index (κ3) is 7.47. The predicted molar refractivity (Wildman–Crippen MR) is 198 cm³/mol. The predicted octanol–water partition coefficient (Wildman–Crippen LogP) is 12.1. The molecule has 0 amide bonds. The number of rotatable bonds is 6. The Bertz CT molecular complexity index is 1300. The van der Waals surface area contributed by atoms with Crippen LogP contribution < -0.4 is 0 Å². The zero-order chi connectivity index (χ0) is 33.2. The molecule has 0 bridgehead atoms. The summed E-state index contributed by atoms with van der Waals surface area (Å²) in [6.45, 7) is 19.3. The van der Waals surface area contributed by atoms with E-state index >= 15 is 0 Å². The molecule has 2 aromatic carbocycles. The molecule has 4 heteroatoms. The molecular weight excluding hydrogens is 695 g/mol. The Kier molecular flexibility index (Phi) is 12.4. The molecule has 2 aromatic rings. The average molecular weight is 741 g/mol. The SMILES string of the molecule is C[C]1[CH][C]2[C](C=C(C(C)C)C=CC2c2ccccc2)[C]1[Si](C)(C)[C]1[C](C)[CH][C]2[C]1C=C(C(C)C)C=CC2c1ccccc1.[Cl][Zr+2][Cl]. The summed E-state index contributed by atoms with van der Waals surface area (Å²) < 4.78 is 0. The van der Waals surface area contributed by atoms with E-state index in [4.69, 9.17) is 17.0 Å². The molecule has 0 aliphatic heterocycles. The summed E-state index contributed by atoms with van der Waals surface area (Å²) >= 11 is -0.826. The maximum atomic E-state index is 4.93. The minimum atomic E-state index is -2.18. The van der Waals surface area contributed by atoms with Gasteiger partial charge in [0.25, 0.3) is 0 Å². The normalized spacial score (nSPS) is 24.3. The van der Waals surface area contributed by atoms with E-state index in [1.807, 2.05) is 0 Å². The first-order valence-electron chi connectivity index (χ1n) is 16.5. The fraction of sp³-hybridized carbons (Fsp3) is 0.286. The summed E-state index contributed by atoms with van der Waals surface area (Å²) in [6, 6.07) is 22.1. The Balaban J connectivity index is 0.00000134. The summed E-state index contributed by atoms with van der Waals surface area (Å²) in [4.78, 5) is 0. The third-order valence-corrected chi connectivity index (χ3v) is 13.7. The number of benzene rings is 2. The Morgan fingerprint density at radius 1 is 0.609 bits per heavy atom. The second-order valence-electron chi connectivity index (χ2n) is 13.9. The molecule has 2 unspecified atom stereocenters. The number of hydrogen-bond donors (Lipinski definition) is 0. The van der Waals surface area contributed by atoms with Crippen LogP contribution in [0.2, 0.25) is 13.1 Å². The molecule has 6 rings (SSSR count). The monoisotopic (exact) mass is 738 g/mol. The maximum absolute atomic E-state index is 4.93. The van der Waals surface area contributed by atoms with Crippen molar-refractivity contribution in [2.45, 2.75) is 66.5 Å². The summed E-state index contributed by atoms with van der Waals surface area (Å²) in [5, 5.41) is 0.